The van der Waals surface area contributed by atoms with Gasteiger partial charge in [-0.1, -0.05) is 158 Å². The number of rotatable bonds is 4. The fourth-order valence-electron chi connectivity index (χ4n) is 7.78. The summed E-state index contributed by atoms with van der Waals surface area (Å²) >= 11 is 0. The van der Waals surface area contributed by atoms with Crippen LogP contribution in [0.1, 0.15) is 16.7 Å². The Bertz CT molecular complexity index is 2470. The van der Waals surface area contributed by atoms with Crippen molar-refractivity contribution in [3.8, 4) is 73.0 Å². The number of hydrogen-bond donors (Lipinski definition) is 0. The van der Waals surface area contributed by atoms with Gasteiger partial charge in [0.15, 0.2) is 11.4 Å². The van der Waals surface area contributed by atoms with Crippen LogP contribution in [0.25, 0.3) is 67.3 Å². The van der Waals surface area contributed by atoms with Gasteiger partial charge in [0.05, 0.1) is 11.4 Å². The van der Waals surface area contributed by atoms with Crippen LogP contribution in [0, 0.1) is 0 Å². The SMILES string of the molecule is c1ccc(-c2cc(-c3cccc(-c4ccc5c(c4)-c4ccccc4C4(O5)c5ccccc5-c5ccccc54)c3)nc(-c3ccccc3)n2)cc1. The maximum Gasteiger partial charge on any atom is 0.186 e. The molecule has 0 saturated carbocycles. The van der Waals surface area contributed by atoms with Crippen molar-refractivity contribution in [3.63, 3.8) is 0 Å². The summed E-state index contributed by atoms with van der Waals surface area (Å²) in [4.78, 5) is 10.1. The van der Waals surface area contributed by atoms with E-state index >= 15 is 0 Å². The van der Waals surface area contributed by atoms with Crippen LogP contribution in [0.3, 0.4) is 0 Å². The Hall–Kier alpha value is -6.58. The van der Waals surface area contributed by atoms with E-state index in [2.05, 4.69) is 146 Å². The van der Waals surface area contributed by atoms with Crippen molar-refractivity contribution >= 4 is 0 Å². The minimum absolute atomic E-state index is 0.707. The molecule has 3 heteroatoms. The van der Waals surface area contributed by atoms with E-state index in [4.69, 9.17) is 14.7 Å². The average molecular weight is 639 g/mol. The zero-order valence-electron chi connectivity index (χ0n) is 27.1. The largest absolute Gasteiger partial charge is 0.472 e. The third-order valence-electron chi connectivity index (χ3n) is 10.1. The van der Waals surface area contributed by atoms with Crippen molar-refractivity contribution in [1.29, 1.82) is 0 Å². The Labute approximate surface area is 291 Å². The Morgan fingerprint density at radius 3 is 1.46 bits per heavy atom. The first-order valence-electron chi connectivity index (χ1n) is 17.0. The molecule has 10 rings (SSSR count). The zero-order chi connectivity index (χ0) is 33.1. The van der Waals surface area contributed by atoms with Gasteiger partial charge in [0.1, 0.15) is 5.75 Å². The van der Waals surface area contributed by atoms with Crippen molar-refractivity contribution in [2.45, 2.75) is 5.60 Å². The molecule has 2 aliphatic rings. The highest BCUT2D eigenvalue weighted by Crippen LogP contribution is 2.58. The van der Waals surface area contributed by atoms with Gasteiger partial charge in [0.2, 0.25) is 0 Å². The van der Waals surface area contributed by atoms with E-state index in [-0.39, 0.29) is 0 Å². The summed E-state index contributed by atoms with van der Waals surface area (Å²) in [6.45, 7) is 0. The number of nitrogens with zero attached hydrogens (tertiary/aromatic N) is 2. The molecule has 1 aliphatic carbocycles. The van der Waals surface area contributed by atoms with Crippen LogP contribution in [-0.4, -0.2) is 9.97 Å². The summed E-state index contributed by atoms with van der Waals surface area (Å²) in [6, 6.07) is 63.9. The van der Waals surface area contributed by atoms with E-state index in [9.17, 15) is 0 Å². The second-order valence-corrected chi connectivity index (χ2v) is 12.9. The van der Waals surface area contributed by atoms with Crippen LogP contribution in [0.2, 0.25) is 0 Å². The van der Waals surface area contributed by atoms with Crippen LogP contribution in [0.15, 0.2) is 182 Å². The van der Waals surface area contributed by atoms with Gasteiger partial charge in [0.25, 0.3) is 0 Å². The Morgan fingerprint density at radius 1 is 0.340 bits per heavy atom. The van der Waals surface area contributed by atoms with Gasteiger partial charge in [-0.3, -0.25) is 0 Å². The van der Waals surface area contributed by atoms with Gasteiger partial charge in [0, 0.05) is 38.9 Å². The van der Waals surface area contributed by atoms with Gasteiger partial charge in [-0.05, 0) is 52.1 Å². The smallest absolute Gasteiger partial charge is 0.186 e. The molecule has 0 atom stereocenters. The number of fused-ring (bicyclic) bond motifs is 9. The number of ether oxygens (including phenoxy) is 1. The summed E-state index contributed by atoms with van der Waals surface area (Å²) < 4.78 is 7.24. The lowest BCUT2D eigenvalue weighted by Crippen LogP contribution is -2.36. The molecule has 1 aliphatic heterocycles. The van der Waals surface area contributed by atoms with E-state index in [0.717, 1.165) is 50.5 Å². The first-order chi connectivity index (χ1) is 24.8. The fraction of sp³-hybridized carbons (Fsp3) is 0.0213. The molecule has 1 spiro atoms. The molecule has 50 heavy (non-hydrogen) atoms. The molecule has 0 bridgehead atoms. The molecule has 234 valence electrons. The van der Waals surface area contributed by atoms with Gasteiger partial charge >= 0.3 is 0 Å². The number of benzene rings is 7. The molecule has 2 heterocycles. The lowest BCUT2D eigenvalue weighted by atomic mass is 9.77. The predicted octanol–water partition coefficient (Wildman–Crippen LogP) is 11.5. The van der Waals surface area contributed by atoms with E-state index in [1.54, 1.807) is 0 Å². The molecule has 7 aromatic carbocycles. The van der Waals surface area contributed by atoms with Crippen LogP contribution in [0.4, 0.5) is 0 Å². The van der Waals surface area contributed by atoms with Crippen LogP contribution in [-0.2, 0) is 5.60 Å². The fourth-order valence-corrected chi connectivity index (χ4v) is 7.78. The normalized spacial score (nSPS) is 13.1. The highest BCUT2D eigenvalue weighted by atomic mass is 16.5. The van der Waals surface area contributed by atoms with Gasteiger partial charge < -0.3 is 4.74 Å². The molecular weight excluding hydrogens is 609 g/mol. The molecule has 1 aromatic heterocycles. The Balaban J connectivity index is 1.09. The predicted molar refractivity (Wildman–Crippen MR) is 202 cm³/mol. The monoisotopic (exact) mass is 638 g/mol. The lowest BCUT2D eigenvalue weighted by Gasteiger charge is -2.39. The van der Waals surface area contributed by atoms with Crippen molar-refractivity contribution in [1.82, 2.24) is 9.97 Å². The van der Waals surface area contributed by atoms with Crippen molar-refractivity contribution < 1.29 is 4.74 Å². The summed E-state index contributed by atoms with van der Waals surface area (Å²) in [7, 11) is 0. The first-order valence-corrected chi connectivity index (χ1v) is 17.0. The molecule has 3 nitrogen and oxygen atoms in total. The lowest BCUT2D eigenvalue weighted by molar-refractivity contribution is 0.157. The zero-order valence-corrected chi connectivity index (χ0v) is 27.1. The van der Waals surface area contributed by atoms with Crippen molar-refractivity contribution in [2.24, 2.45) is 0 Å². The van der Waals surface area contributed by atoms with Crippen LogP contribution in [0.5, 0.6) is 5.75 Å². The second kappa shape index (κ2) is 11.3. The molecule has 0 unspecified atom stereocenters. The average Bonchev–Trinajstić information content (AvgIpc) is 3.48. The second-order valence-electron chi connectivity index (χ2n) is 12.9. The minimum atomic E-state index is -0.710. The highest BCUT2D eigenvalue weighted by Gasteiger charge is 2.50. The third kappa shape index (κ3) is 4.37. The Morgan fingerprint density at radius 2 is 0.820 bits per heavy atom. The topological polar surface area (TPSA) is 35.0 Å². The third-order valence-corrected chi connectivity index (χ3v) is 10.1. The van der Waals surface area contributed by atoms with E-state index in [1.165, 1.54) is 33.4 Å². The standard InChI is InChI=1S/C47H30N2O/c1-3-14-31(15-4-1)43-30-44(49-46(48-43)32-16-5-2-6-17-32)35-19-13-18-33(28-35)34-26-27-45-39(29-34)38-22-9-12-25-42(38)47(50-45)40-23-10-7-20-36(40)37-21-8-11-24-41(37)47/h1-30H. The number of hydrogen-bond acceptors (Lipinski definition) is 3. The highest BCUT2D eigenvalue weighted by molar-refractivity contribution is 5.89. The molecule has 0 fully saturated rings. The summed E-state index contributed by atoms with van der Waals surface area (Å²) in [5.74, 6) is 1.59. The van der Waals surface area contributed by atoms with Crippen LogP contribution >= 0.6 is 0 Å². The number of aromatic nitrogens is 2. The van der Waals surface area contributed by atoms with Gasteiger partial charge in [-0.2, -0.15) is 0 Å². The van der Waals surface area contributed by atoms with E-state index < -0.39 is 5.60 Å². The molecule has 0 radical (unpaired) electrons. The van der Waals surface area contributed by atoms with E-state index in [1.807, 2.05) is 36.4 Å². The van der Waals surface area contributed by atoms with Crippen LogP contribution < -0.4 is 4.74 Å². The molecule has 0 amide bonds. The first kappa shape index (κ1) is 28.4. The summed E-state index contributed by atoms with van der Waals surface area (Å²) in [5.41, 5.74) is 14.6. The molecular formula is C47H30N2O. The Kier molecular flexibility index (Phi) is 6.40. The summed E-state index contributed by atoms with van der Waals surface area (Å²) in [6.07, 6.45) is 0. The minimum Gasteiger partial charge on any atom is -0.472 e. The molecule has 0 saturated heterocycles. The van der Waals surface area contributed by atoms with Gasteiger partial charge in [-0.15, -0.1) is 0 Å². The molecule has 0 N–H and O–H groups in total. The van der Waals surface area contributed by atoms with Crippen molar-refractivity contribution in [2.75, 3.05) is 0 Å². The van der Waals surface area contributed by atoms with Crippen molar-refractivity contribution in [3.05, 3.63) is 199 Å². The maximum absolute atomic E-state index is 7.24. The quantitative estimate of drug-likeness (QED) is 0.192. The van der Waals surface area contributed by atoms with Gasteiger partial charge in [-0.25, -0.2) is 9.97 Å². The van der Waals surface area contributed by atoms with E-state index in [0.29, 0.717) is 5.82 Å². The molecule has 8 aromatic rings. The summed E-state index contributed by atoms with van der Waals surface area (Å²) in [5, 5.41) is 0. The maximum atomic E-state index is 7.24.